The summed E-state index contributed by atoms with van der Waals surface area (Å²) in [6, 6.07) is 13.2. The van der Waals surface area contributed by atoms with Gasteiger partial charge in [-0.15, -0.1) is 0 Å². The second-order valence-corrected chi connectivity index (χ2v) is 6.53. The molecular weight excluding hydrogens is 341 g/mol. The highest BCUT2D eigenvalue weighted by atomic mass is 35.5. The molecule has 0 unspecified atom stereocenters. The molecule has 0 radical (unpaired) electrons. The first-order chi connectivity index (χ1) is 11.6. The van der Waals surface area contributed by atoms with Gasteiger partial charge in [0.25, 0.3) is 5.91 Å². The number of benzene rings is 2. The summed E-state index contributed by atoms with van der Waals surface area (Å²) >= 11 is 12.6. The zero-order valence-electron chi connectivity index (χ0n) is 14.3. The molecule has 0 spiro atoms. The monoisotopic (exact) mass is 363 g/mol. The average Bonchev–Trinajstić information content (AvgIpc) is 2.57. The summed E-state index contributed by atoms with van der Waals surface area (Å²) in [5, 5.41) is 4.47. The van der Waals surface area contributed by atoms with Gasteiger partial charge < -0.3 is 5.32 Å². The molecule has 1 aliphatic carbocycles. The van der Waals surface area contributed by atoms with E-state index in [1.54, 1.807) is 0 Å². The first kappa shape index (κ1) is 18.8. The molecule has 4 heteroatoms. The van der Waals surface area contributed by atoms with E-state index in [1.165, 1.54) is 0 Å². The van der Waals surface area contributed by atoms with E-state index in [4.69, 9.17) is 23.2 Å². The van der Waals surface area contributed by atoms with Gasteiger partial charge in [-0.05, 0) is 49.1 Å². The lowest BCUT2D eigenvalue weighted by molar-refractivity contribution is 0.0904. The maximum absolute atomic E-state index is 12.4. The minimum absolute atomic E-state index is 0.0315. The zero-order valence-corrected chi connectivity index (χ0v) is 15.8. The third kappa shape index (κ3) is 3.93. The molecule has 1 fully saturated rings. The van der Waals surface area contributed by atoms with Gasteiger partial charge in [0.15, 0.2) is 0 Å². The van der Waals surface area contributed by atoms with Crippen LogP contribution in [0.15, 0.2) is 42.5 Å². The molecule has 1 amide bonds. The fourth-order valence-electron chi connectivity index (χ4n) is 2.96. The lowest BCUT2D eigenvalue weighted by Crippen LogP contribution is -2.45. The topological polar surface area (TPSA) is 29.1 Å². The summed E-state index contributed by atoms with van der Waals surface area (Å²) in [7, 11) is 0. The maximum atomic E-state index is 12.4. The average molecular weight is 364 g/mol. The fourth-order valence-corrected chi connectivity index (χ4v) is 3.63. The third-order valence-corrected chi connectivity index (χ3v) is 5.01. The Bertz CT molecular complexity index is 694. The van der Waals surface area contributed by atoms with E-state index >= 15 is 0 Å². The summed E-state index contributed by atoms with van der Waals surface area (Å²) in [6.45, 7) is 5.94. The summed E-state index contributed by atoms with van der Waals surface area (Å²) in [4.78, 5) is 12.4. The molecule has 2 aromatic rings. The Morgan fingerprint density at radius 2 is 1.62 bits per heavy atom. The number of halogens is 2. The van der Waals surface area contributed by atoms with E-state index in [-0.39, 0.29) is 17.9 Å². The largest absolute Gasteiger partial charge is 0.349 e. The zero-order chi connectivity index (χ0) is 17.7. The lowest BCUT2D eigenvalue weighted by atomic mass is 9.75. The Hall–Kier alpha value is -1.51. The van der Waals surface area contributed by atoms with Gasteiger partial charge in [-0.25, -0.2) is 0 Å². The number of rotatable bonds is 3. The van der Waals surface area contributed by atoms with Gasteiger partial charge in [-0.2, -0.15) is 0 Å². The number of aryl methyl sites for hydroxylation is 1. The first-order valence-electron chi connectivity index (χ1n) is 8.38. The van der Waals surface area contributed by atoms with Crippen molar-refractivity contribution < 1.29 is 4.79 Å². The van der Waals surface area contributed by atoms with Crippen LogP contribution < -0.4 is 5.32 Å². The van der Waals surface area contributed by atoms with Crippen LogP contribution in [-0.4, -0.2) is 11.9 Å². The van der Waals surface area contributed by atoms with Gasteiger partial charge in [0, 0.05) is 27.6 Å². The van der Waals surface area contributed by atoms with Crippen molar-refractivity contribution in [2.24, 2.45) is 0 Å². The minimum atomic E-state index is -0.0315. The van der Waals surface area contributed by atoms with Crippen molar-refractivity contribution in [1.82, 2.24) is 5.32 Å². The van der Waals surface area contributed by atoms with E-state index in [2.05, 4.69) is 5.32 Å². The highest BCUT2D eigenvalue weighted by Crippen LogP contribution is 2.43. The Kier molecular flexibility index (Phi) is 6.70. The van der Waals surface area contributed by atoms with Crippen LogP contribution in [0.25, 0.3) is 0 Å². The molecule has 0 heterocycles. The van der Waals surface area contributed by atoms with Crippen molar-refractivity contribution in [3.63, 3.8) is 0 Å². The van der Waals surface area contributed by atoms with Crippen LogP contribution >= 0.6 is 23.2 Å². The molecule has 2 aromatic carbocycles. The predicted octanol–water partition coefficient (Wildman–Crippen LogP) is 6.00. The summed E-state index contributed by atoms with van der Waals surface area (Å²) < 4.78 is 0. The molecule has 0 aromatic heterocycles. The van der Waals surface area contributed by atoms with Gasteiger partial charge >= 0.3 is 0 Å². The molecule has 0 aliphatic heterocycles. The third-order valence-electron chi connectivity index (χ3n) is 4.35. The fraction of sp³-hybridized carbons (Fsp3) is 0.350. The van der Waals surface area contributed by atoms with Gasteiger partial charge in [-0.3, -0.25) is 4.79 Å². The van der Waals surface area contributed by atoms with Crippen LogP contribution in [0.2, 0.25) is 10.0 Å². The Labute approximate surface area is 154 Å². The molecular formula is C20H23Cl2NO. The van der Waals surface area contributed by atoms with E-state index in [9.17, 15) is 4.79 Å². The van der Waals surface area contributed by atoms with Gasteiger partial charge in [0.05, 0.1) is 0 Å². The molecule has 3 rings (SSSR count). The van der Waals surface area contributed by atoms with Crippen LogP contribution in [0.1, 0.15) is 54.1 Å². The molecule has 128 valence electrons. The number of carbonyl (C=O) groups is 1. The van der Waals surface area contributed by atoms with Gasteiger partial charge in [0.2, 0.25) is 0 Å². The number of amides is 1. The maximum Gasteiger partial charge on any atom is 0.251 e. The van der Waals surface area contributed by atoms with Crippen LogP contribution in [0, 0.1) is 6.92 Å². The smallest absolute Gasteiger partial charge is 0.251 e. The standard InChI is InChI=1S/C18H17Cl2NO.C2H6/c1-11-5-2-3-6-12(11)18(22)21-16-10-9-13(16)17-14(19)7-4-8-15(17)20;1-2/h2-8,13,16H,9-10H2,1H3,(H,21,22);1-2H3/t13-,16+;/m0./s1. The minimum Gasteiger partial charge on any atom is -0.349 e. The molecule has 1 N–H and O–H groups in total. The van der Waals surface area contributed by atoms with Crippen LogP contribution in [-0.2, 0) is 0 Å². The van der Waals surface area contributed by atoms with Crippen LogP contribution in [0.3, 0.4) is 0 Å². The summed E-state index contributed by atoms with van der Waals surface area (Å²) in [5.41, 5.74) is 2.65. The Balaban J connectivity index is 0.00000100. The highest BCUT2D eigenvalue weighted by molar-refractivity contribution is 6.36. The van der Waals surface area contributed by atoms with Crippen molar-refractivity contribution in [2.45, 2.75) is 45.6 Å². The normalized spacial score (nSPS) is 18.9. The molecule has 2 atom stereocenters. The molecule has 0 saturated heterocycles. The van der Waals surface area contributed by atoms with E-state index < -0.39 is 0 Å². The van der Waals surface area contributed by atoms with E-state index in [1.807, 2.05) is 63.2 Å². The highest BCUT2D eigenvalue weighted by Gasteiger charge is 2.36. The Morgan fingerprint density at radius 1 is 1.00 bits per heavy atom. The Morgan fingerprint density at radius 3 is 2.17 bits per heavy atom. The van der Waals surface area contributed by atoms with E-state index in [0.717, 1.165) is 29.5 Å². The predicted molar refractivity (Wildman–Crippen MR) is 102 cm³/mol. The second-order valence-electron chi connectivity index (χ2n) is 5.71. The summed E-state index contributed by atoms with van der Waals surface area (Å²) in [5.74, 6) is 0.158. The number of nitrogens with one attached hydrogen (secondary N) is 1. The molecule has 1 aliphatic rings. The van der Waals surface area contributed by atoms with Gasteiger partial charge in [-0.1, -0.05) is 61.3 Å². The SMILES string of the molecule is CC.Cc1ccccc1C(=O)N[C@@H]1CC[C@@H]1c1c(Cl)cccc1Cl. The molecule has 2 nitrogen and oxygen atoms in total. The molecule has 0 bridgehead atoms. The number of hydrogen-bond acceptors (Lipinski definition) is 1. The lowest BCUT2D eigenvalue weighted by Gasteiger charge is -2.38. The van der Waals surface area contributed by atoms with Crippen molar-refractivity contribution in [3.8, 4) is 0 Å². The molecule has 24 heavy (non-hydrogen) atoms. The first-order valence-corrected chi connectivity index (χ1v) is 9.14. The number of carbonyl (C=O) groups excluding carboxylic acids is 1. The van der Waals surface area contributed by atoms with Crippen LogP contribution in [0.5, 0.6) is 0 Å². The quantitative estimate of drug-likeness (QED) is 0.711. The van der Waals surface area contributed by atoms with Crippen molar-refractivity contribution >= 4 is 29.1 Å². The van der Waals surface area contributed by atoms with Crippen molar-refractivity contribution in [1.29, 1.82) is 0 Å². The van der Waals surface area contributed by atoms with Crippen molar-refractivity contribution in [3.05, 3.63) is 69.2 Å². The second kappa shape index (κ2) is 8.55. The van der Waals surface area contributed by atoms with Crippen molar-refractivity contribution in [2.75, 3.05) is 0 Å². The number of hydrogen-bond donors (Lipinski definition) is 1. The van der Waals surface area contributed by atoms with Crippen LogP contribution in [0.4, 0.5) is 0 Å². The van der Waals surface area contributed by atoms with E-state index in [0.29, 0.717) is 10.0 Å². The summed E-state index contributed by atoms with van der Waals surface area (Å²) in [6.07, 6.45) is 1.94. The molecule has 1 saturated carbocycles. The van der Waals surface area contributed by atoms with Gasteiger partial charge in [0.1, 0.15) is 0 Å².